The van der Waals surface area contributed by atoms with E-state index in [0.29, 0.717) is 6.54 Å². The van der Waals surface area contributed by atoms with Crippen LogP contribution in [-0.4, -0.2) is 22.7 Å². The first-order chi connectivity index (χ1) is 9.59. The molecule has 0 fully saturated rings. The lowest BCUT2D eigenvalue weighted by Gasteiger charge is -2.12. The SMILES string of the molecule is O=C(NCC(Br)c1ccccc1)c1c(O)cccc1O. The first kappa shape index (κ1) is 14.4. The minimum absolute atomic E-state index is 0.0411. The molecule has 3 N–H and O–H groups in total. The van der Waals surface area contributed by atoms with E-state index in [2.05, 4.69) is 21.2 Å². The average molecular weight is 336 g/mol. The number of carbonyl (C=O) groups is 1. The molecule has 0 radical (unpaired) electrons. The summed E-state index contributed by atoms with van der Waals surface area (Å²) < 4.78 is 0. The predicted octanol–water partition coefficient (Wildman–Crippen LogP) is 2.96. The molecule has 104 valence electrons. The number of phenolic OH excluding ortho intramolecular Hbond substituents is 2. The Labute approximate surface area is 125 Å². The van der Waals surface area contributed by atoms with E-state index in [1.165, 1.54) is 18.2 Å². The molecule has 2 rings (SSSR count). The van der Waals surface area contributed by atoms with Gasteiger partial charge in [-0.2, -0.15) is 0 Å². The summed E-state index contributed by atoms with van der Waals surface area (Å²) in [6, 6.07) is 13.8. The first-order valence-electron chi connectivity index (χ1n) is 6.07. The Morgan fingerprint density at radius 2 is 1.65 bits per heavy atom. The fraction of sp³-hybridized carbons (Fsp3) is 0.133. The Hall–Kier alpha value is -2.01. The van der Waals surface area contributed by atoms with Gasteiger partial charge in [0.25, 0.3) is 5.91 Å². The molecular formula is C15H14BrNO3. The van der Waals surface area contributed by atoms with E-state index in [4.69, 9.17) is 0 Å². The molecule has 4 nitrogen and oxygen atoms in total. The zero-order chi connectivity index (χ0) is 14.5. The highest BCUT2D eigenvalue weighted by Gasteiger charge is 2.17. The van der Waals surface area contributed by atoms with E-state index >= 15 is 0 Å². The Morgan fingerprint density at radius 3 is 2.25 bits per heavy atom. The minimum atomic E-state index is -0.513. The molecule has 20 heavy (non-hydrogen) atoms. The highest BCUT2D eigenvalue weighted by molar-refractivity contribution is 9.09. The number of hydrogen-bond donors (Lipinski definition) is 3. The van der Waals surface area contributed by atoms with Gasteiger partial charge < -0.3 is 15.5 Å². The molecule has 1 unspecified atom stereocenters. The maximum absolute atomic E-state index is 12.0. The quantitative estimate of drug-likeness (QED) is 0.752. The monoisotopic (exact) mass is 335 g/mol. The van der Waals surface area contributed by atoms with E-state index in [-0.39, 0.29) is 21.9 Å². The van der Waals surface area contributed by atoms with Gasteiger partial charge in [0, 0.05) is 6.54 Å². The summed E-state index contributed by atoms with van der Waals surface area (Å²) in [7, 11) is 0. The van der Waals surface area contributed by atoms with Gasteiger partial charge in [0.2, 0.25) is 0 Å². The van der Waals surface area contributed by atoms with Crippen molar-refractivity contribution in [3.63, 3.8) is 0 Å². The van der Waals surface area contributed by atoms with Gasteiger partial charge in [0.15, 0.2) is 0 Å². The third kappa shape index (κ3) is 3.30. The minimum Gasteiger partial charge on any atom is -0.507 e. The lowest BCUT2D eigenvalue weighted by molar-refractivity contribution is 0.0948. The zero-order valence-corrected chi connectivity index (χ0v) is 12.2. The highest BCUT2D eigenvalue weighted by Crippen LogP contribution is 2.26. The van der Waals surface area contributed by atoms with Crippen molar-refractivity contribution in [1.82, 2.24) is 5.32 Å². The van der Waals surface area contributed by atoms with Gasteiger partial charge in [-0.15, -0.1) is 0 Å². The Bertz CT molecular complexity index is 581. The third-order valence-electron chi connectivity index (χ3n) is 2.85. The normalized spacial score (nSPS) is 11.8. The molecule has 0 aliphatic rings. The van der Waals surface area contributed by atoms with Gasteiger partial charge in [-0.05, 0) is 17.7 Å². The molecule has 0 aromatic heterocycles. The van der Waals surface area contributed by atoms with Crippen LogP contribution in [0.2, 0.25) is 0 Å². The maximum atomic E-state index is 12.0. The van der Waals surface area contributed by atoms with Crippen molar-refractivity contribution >= 4 is 21.8 Å². The number of benzene rings is 2. The lowest BCUT2D eigenvalue weighted by atomic mass is 10.1. The number of phenols is 2. The number of aromatic hydroxyl groups is 2. The van der Waals surface area contributed by atoms with Crippen molar-refractivity contribution in [2.24, 2.45) is 0 Å². The fourth-order valence-electron chi connectivity index (χ4n) is 1.81. The van der Waals surface area contributed by atoms with Crippen LogP contribution in [-0.2, 0) is 0 Å². The van der Waals surface area contributed by atoms with Crippen molar-refractivity contribution < 1.29 is 15.0 Å². The van der Waals surface area contributed by atoms with Gasteiger partial charge in [0.05, 0.1) is 4.83 Å². The van der Waals surface area contributed by atoms with Gasteiger partial charge in [-0.1, -0.05) is 52.3 Å². The van der Waals surface area contributed by atoms with Crippen LogP contribution in [0.3, 0.4) is 0 Å². The predicted molar refractivity (Wildman–Crippen MR) is 80.2 cm³/mol. The second-order valence-electron chi connectivity index (χ2n) is 4.26. The largest absolute Gasteiger partial charge is 0.507 e. The van der Waals surface area contributed by atoms with E-state index in [1.807, 2.05) is 30.3 Å². The number of hydrogen-bond acceptors (Lipinski definition) is 3. The van der Waals surface area contributed by atoms with Gasteiger partial charge in [-0.3, -0.25) is 4.79 Å². The van der Waals surface area contributed by atoms with Crippen molar-refractivity contribution in [1.29, 1.82) is 0 Å². The summed E-state index contributed by atoms with van der Waals surface area (Å²) in [6.07, 6.45) is 0. The number of carbonyl (C=O) groups excluding carboxylic acids is 1. The fourth-order valence-corrected chi connectivity index (χ4v) is 2.28. The molecule has 2 aromatic carbocycles. The number of nitrogens with one attached hydrogen (secondary N) is 1. The van der Waals surface area contributed by atoms with Crippen molar-refractivity contribution in [3.05, 3.63) is 59.7 Å². The van der Waals surface area contributed by atoms with Crippen LogP contribution in [0.25, 0.3) is 0 Å². The van der Waals surface area contributed by atoms with Crippen LogP contribution in [0, 0.1) is 0 Å². The molecule has 2 aromatic rings. The van der Waals surface area contributed by atoms with E-state index in [9.17, 15) is 15.0 Å². The molecule has 0 saturated carbocycles. The van der Waals surface area contributed by atoms with Crippen molar-refractivity contribution in [2.45, 2.75) is 4.83 Å². The lowest BCUT2D eigenvalue weighted by Crippen LogP contribution is -2.26. The zero-order valence-electron chi connectivity index (χ0n) is 10.6. The second-order valence-corrected chi connectivity index (χ2v) is 5.36. The highest BCUT2D eigenvalue weighted by atomic mass is 79.9. The Balaban J connectivity index is 2.03. The first-order valence-corrected chi connectivity index (χ1v) is 6.99. The van der Waals surface area contributed by atoms with Gasteiger partial charge >= 0.3 is 0 Å². The van der Waals surface area contributed by atoms with E-state index in [0.717, 1.165) is 5.56 Å². The van der Waals surface area contributed by atoms with Crippen LogP contribution in [0.1, 0.15) is 20.7 Å². The molecule has 0 heterocycles. The van der Waals surface area contributed by atoms with Crippen LogP contribution in [0.5, 0.6) is 11.5 Å². The molecule has 0 spiro atoms. The number of rotatable bonds is 4. The molecule has 0 saturated heterocycles. The number of halogens is 1. The smallest absolute Gasteiger partial charge is 0.258 e. The summed E-state index contributed by atoms with van der Waals surface area (Å²) in [5.74, 6) is -0.998. The summed E-state index contributed by atoms with van der Waals surface area (Å²) in [5.41, 5.74) is 0.926. The molecule has 5 heteroatoms. The van der Waals surface area contributed by atoms with Crippen molar-refractivity contribution in [2.75, 3.05) is 6.54 Å². The molecule has 0 aliphatic heterocycles. The summed E-state index contributed by atoms with van der Waals surface area (Å²) in [6.45, 7) is 0.344. The number of amides is 1. The van der Waals surface area contributed by atoms with Crippen LogP contribution in [0.4, 0.5) is 0 Å². The molecular weight excluding hydrogens is 322 g/mol. The van der Waals surface area contributed by atoms with Crippen LogP contribution >= 0.6 is 15.9 Å². The number of alkyl halides is 1. The summed E-state index contributed by atoms with van der Waals surface area (Å²) in [5, 5.41) is 21.9. The average Bonchev–Trinajstić information content (AvgIpc) is 2.45. The van der Waals surface area contributed by atoms with Gasteiger partial charge in [-0.25, -0.2) is 0 Å². The van der Waals surface area contributed by atoms with E-state index in [1.54, 1.807) is 0 Å². The Kier molecular flexibility index (Phi) is 4.63. The standard InChI is InChI=1S/C15H14BrNO3/c16-11(10-5-2-1-3-6-10)9-17-15(20)14-12(18)7-4-8-13(14)19/h1-8,11,18-19H,9H2,(H,17,20). The third-order valence-corrected chi connectivity index (χ3v) is 3.70. The topological polar surface area (TPSA) is 69.6 Å². The van der Waals surface area contributed by atoms with Crippen molar-refractivity contribution in [3.8, 4) is 11.5 Å². The molecule has 1 atom stereocenters. The van der Waals surface area contributed by atoms with E-state index < -0.39 is 5.91 Å². The molecule has 0 bridgehead atoms. The second kappa shape index (κ2) is 6.43. The van der Waals surface area contributed by atoms with Crippen LogP contribution in [0.15, 0.2) is 48.5 Å². The molecule has 1 amide bonds. The summed E-state index contributed by atoms with van der Waals surface area (Å²) in [4.78, 5) is 11.9. The van der Waals surface area contributed by atoms with Crippen LogP contribution < -0.4 is 5.32 Å². The molecule has 0 aliphatic carbocycles. The maximum Gasteiger partial charge on any atom is 0.258 e. The van der Waals surface area contributed by atoms with Gasteiger partial charge in [0.1, 0.15) is 17.1 Å². The summed E-state index contributed by atoms with van der Waals surface area (Å²) >= 11 is 3.48. The Morgan fingerprint density at radius 1 is 1.05 bits per heavy atom.